The van der Waals surface area contributed by atoms with E-state index in [4.69, 9.17) is 10.5 Å². The lowest BCUT2D eigenvalue weighted by atomic mass is 9.92. The van der Waals surface area contributed by atoms with Crippen molar-refractivity contribution in [2.24, 2.45) is 5.73 Å². The Morgan fingerprint density at radius 2 is 2.16 bits per heavy atom. The molecule has 0 aromatic heterocycles. The first kappa shape index (κ1) is 13.9. The average Bonchev–Trinajstić information content (AvgIpc) is 2.40. The number of carbonyl (C=O) groups excluding carboxylic acids is 1. The minimum Gasteiger partial charge on any atom is -0.496 e. The van der Waals surface area contributed by atoms with Crippen molar-refractivity contribution < 1.29 is 9.53 Å². The Balaban J connectivity index is 2.43. The summed E-state index contributed by atoms with van der Waals surface area (Å²) in [6, 6.07) is 4.01. The maximum absolute atomic E-state index is 12.4. The van der Waals surface area contributed by atoms with Gasteiger partial charge in [0.05, 0.1) is 7.11 Å². The Bertz CT molecular complexity index is 483. The van der Waals surface area contributed by atoms with Crippen molar-refractivity contribution in [1.29, 1.82) is 0 Å². The molecule has 1 amide bonds. The van der Waals surface area contributed by atoms with Gasteiger partial charge in [0, 0.05) is 25.2 Å². The summed E-state index contributed by atoms with van der Waals surface area (Å²) in [6.45, 7) is 6.09. The lowest BCUT2D eigenvalue weighted by Crippen LogP contribution is -2.40. The molecule has 2 rings (SSSR count). The minimum atomic E-state index is 0.0938. The Morgan fingerprint density at radius 3 is 2.74 bits per heavy atom. The first-order chi connectivity index (χ1) is 9.08. The highest BCUT2D eigenvalue weighted by Crippen LogP contribution is 2.32. The molecular formula is C15H22N2O2. The Labute approximate surface area is 114 Å². The molecule has 2 N–H and O–H groups in total. The van der Waals surface area contributed by atoms with Crippen LogP contribution in [-0.4, -0.2) is 37.6 Å². The number of benzene rings is 1. The van der Waals surface area contributed by atoms with Gasteiger partial charge in [-0.15, -0.1) is 0 Å². The quantitative estimate of drug-likeness (QED) is 0.899. The largest absolute Gasteiger partial charge is 0.496 e. The van der Waals surface area contributed by atoms with Gasteiger partial charge in [-0.05, 0) is 35.6 Å². The van der Waals surface area contributed by atoms with Crippen molar-refractivity contribution >= 4 is 5.91 Å². The Hall–Kier alpha value is -1.55. The molecule has 4 nitrogen and oxygen atoms in total. The van der Waals surface area contributed by atoms with Crippen LogP contribution in [0, 0.1) is 0 Å². The van der Waals surface area contributed by atoms with Gasteiger partial charge in [0.15, 0.2) is 0 Å². The van der Waals surface area contributed by atoms with Gasteiger partial charge >= 0.3 is 0 Å². The van der Waals surface area contributed by atoms with E-state index < -0.39 is 0 Å². The zero-order valence-corrected chi connectivity index (χ0v) is 11.9. The van der Waals surface area contributed by atoms with E-state index in [0.717, 1.165) is 35.4 Å². The number of hydrogen-bond acceptors (Lipinski definition) is 3. The van der Waals surface area contributed by atoms with Crippen molar-refractivity contribution in [3.63, 3.8) is 0 Å². The number of ether oxygens (including phenoxy) is 1. The van der Waals surface area contributed by atoms with Gasteiger partial charge in [-0.1, -0.05) is 13.8 Å². The van der Waals surface area contributed by atoms with Gasteiger partial charge in [-0.25, -0.2) is 0 Å². The van der Waals surface area contributed by atoms with E-state index in [-0.39, 0.29) is 5.91 Å². The first-order valence-corrected chi connectivity index (χ1v) is 6.78. The molecule has 19 heavy (non-hydrogen) atoms. The fourth-order valence-corrected chi connectivity index (χ4v) is 2.57. The number of carbonyl (C=O) groups is 1. The third kappa shape index (κ3) is 2.59. The lowest BCUT2D eigenvalue weighted by molar-refractivity contribution is 0.0744. The number of methoxy groups -OCH3 is 1. The molecule has 1 aliphatic rings. The molecule has 4 heteroatoms. The van der Waals surface area contributed by atoms with Gasteiger partial charge < -0.3 is 15.4 Å². The van der Waals surface area contributed by atoms with Crippen LogP contribution in [0.2, 0.25) is 0 Å². The van der Waals surface area contributed by atoms with Gasteiger partial charge in [-0.3, -0.25) is 4.79 Å². The minimum absolute atomic E-state index is 0.0938. The van der Waals surface area contributed by atoms with Gasteiger partial charge in [0.1, 0.15) is 5.75 Å². The Morgan fingerprint density at radius 1 is 1.42 bits per heavy atom. The molecule has 0 spiro atoms. The first-order valence-electron chi connectivity index (χ1n) is 6.78. The summed E-state index contributed by atoms with van der Waals surface area (Å²) < 4.78 is 5.44. The molecule has 104 valence electrons. The number of nitrogens with two attached hydrogens (primary N) is 1. The van der Waals surface area contributed by atoms with E-state index in [2.05, 4.69) is 13.8 Å². The summed E-state index contributed by atoms with van der Waals surface area (Å²) in [5, 5.41) is 0. The molecule has 0 bridgehead atoms. The number of nitrogens with zero attached hydrogens (tertiary/aromatic N) is 1. The van der Waals surface area contributed by atoms with Gasteiger partial charge in [0.2, 0.25) is 0 Å². The van der Waals surface area contributed by atoms with Crippen molar-refractivity contribution in [1.82, 2.24) is 4.90 Å². The normalized spacial score (nSPS) is 14.8. The van der Waals surface area contributed by atoms with Crippen LogP contribution in [0.5, 0.6) is 5.75 Å². The van der Waals surface area contributed by atoms with Crippen molar-refractivity contribution in [3.8, 4) is 5.75 Å². The van der Waals surface area contributed by atoms with E-state index in [9.17, 15) is 4.79 Å². The fraction of sp³-hybridized carbons (Fsp3) is 0.533. The highest BCUT2D eigenvalue weighted by molar-refractivity contribution is 5.97. The number of hydrogen-bond donors (Lipinski definition) is 1. The number of amides is 1. The summed E-state index contributed by atoms with van der Waals surface area (Å²) in [7, 11) is 1.68. The molecule has 1 aromatic rings. The SMILES string of the molecule is COc1cc2c(cc1C(C)C)C(=O)N(CCN)CC2. The third-order valence-corrected chi connectivity index (χ3v) is 3.65. The summed E-state index contributed by atoms with van der Waals surface area (Å²) in [5.41, 5.74) is 8.53. The molecule has 0 atom stereocenters. The van der Waals surface area contributed by atoms with E-state index in [0.29, 0.717) is 19.0 Å². The van der Waals surface area contributed by atoms with Crippen LogP contribution in [0.25, 0.3) is 0 Å². The predicted molar refractivity (Wildman–Crippen MR) is 75.7 cm³/mol. The zero-order chi connectivity index (χ0) is 14.0. The standard InChI is InChI=1S/C15H22N2O2/c1-10(2)12-9-13-11(8-14(12)19-3)4-6-17(7-5-16)15(13)18/h8-10H,4-7,16H2,1-3H3. The van der Waals surface area contributed by atoms with Crippen LogP contribution in [0.3, 0.4) is 0 Å². The molecule has 0 fully saturated rings. The molecule has 1 aromatic carbocycles. The van der Waals surface area contributed by atoms with Gasteiger partial charge in [0.25, 0.3) is 5.91 Å². The topological polar surface area (TPSA) is 55.6 Å². The van der Waals surface area contributed by atoms with Crippen LogP contribution >= 0.6 is 0 Å². The van der Waals surface area contributed by atoms with Crippen molar-refractivity contribution in [2.45, 2.75) is 26.2 Å². The zero-order valence-electron chi connectivity index (χ0n) is 11.9. The highest BCUT2D eigenvalue weighted by Gasteiger charge is 2.25. The van der Waals surface area contributed by atoms with E-state index in [1.165, 1.54) is 0 Å². The maximum atomic E-state index is 12.4. The molecule has 1 aliphatic heterocycles. The van der Waals surface area contributed by atoms with Crippen molar-refractivity contribution in [3.05, 3.63) is 28.8 Å². The smallest absolute Gasteiger partial charge is 0.254 e. The highest BCUT2D eigenvalue weighted by atomic mass is 16.5. The van der Waals surface area contributed by atoms with Crippen molar-refractivity contribution in [2.75, 3.05) is 26.7 Å². The molecule has 0 unspecified atom stereocenters. The molecular weight excluding hydrogens is 240 g/mol. The van der Waals surface area contributed by atoms with Crippen LogP contribution in [0.4, 0.5) is 0 Å². The second kappa shape index (κ2) is 5.61. The van der Waals surface area contributed by atoms with E-state index in [1.807, 2.05) is 17.0 Å². The summed E-state index contributed by atoms with van der Waals surface area (Å²) >= 11 is 0. The monoisotopic (exact) mass is 262 g/mol. The van der Waals surface area contributed by atoms with Crippen LogP contribution in [0.1, 0.15) is 41.3 Å². The van der Waals surface area contributed by atoms with Crippen LogP contribution in [0.15, 0.2) is 12.1 Å². The second-order valence-electron chi connectivity index (χ2n) is 5.24. The summed E-state index contributed by atoms with van der Waals surface area (Å²) in [6.07, 6.45) is 0.871. The summed E-state index contributed by atoms with van der Waals surface area (Å²) in [4.78, 5) is 14.2. The third-order valence-electron chi connectivity index (χ3n) is 3.65. The number of rotatable bonds is 4. The molecule has 0 saturated carbocycles. The van der Waals surface area contributed by atoms with Crippen LogP contribution < -0.4 is 10.5 Å². The Kier molecular flexibility index (Phi) is 4.10. The fourth-order valence-electron chi connectivity index (χ4n) is 2.57. The lowest BCUT2D eigenvalue weighted by Gasteiger charge is -2.29. The van der Waals surface area contributed by atoms with Gasteiger partial charge in [-0.2, -0.15) is 0 Å². The average molecular weight is 262 g/mol. The van der Waals surface area contributed by atoms with E-state index >= 15 is 0 Å². The molecule has 0 aliphatic carbocycles. The predicted octanol–water partition coefficient (Wildman–Crippen LogP) is 1.78. The maximum Gasteiger partial charge on any atom is 0.254 e. The molecule has 0 radical (unpaired) electrons. The molecule has 0 saturated heterocycles. The van der Waals surface area contributed by atoms with Crippen LogP contribution in [-0.2, 0) is 6.42 Å². The molecule has 1 heterocycles. The number of fused-ring (bicyclic) bond motifs is 1. The second-order valence-corrected chi connectivity index (χ2v) is 5.24. The van der Waals surface area contributed by atoms with E-state index in [1.54, 1.807) is 7.11 Å². The summed E-state index contributed by atoms with van der Waals surface area (Å²) in [5.74, 6) is 1.31.